The Balaban J connectivity index is 2.28. The number of anilines is 2. The first kappa shape index (κ1) is 12.9. The third-order valence-electron chi connectivity index (χ3n) is 2.59. The molecule has 0 unspecified atom stereocenters. The average Bonchev–Trinajstić information content (AvgIpc) is 2.41. The summed E-state index contributed by atoms with van der Waals surface area (Å²) in [6.07, 6.45) is 0. The highest BCUT2D eigenvalue weighted by Crippen LogP contribution is 2.23. The number of para-hydroxylation sites is 1. The quantitative estimate of drug-likeness (QED) is 0.834. The summed E-state index contributed by atoms with van der Waals surface area (Å²) in [5.74, 6) is -0.610. The lowest BCUT2D eigenvalue weighted by molar-refractivity contribution is 0.102. The summed E-state index contributed by atoms with van der Waals surface area (Å²) in [4.78, 5) is 12.1. The molecule has 0 saturated carbocycles. The van der Waals surface area contributed by atoms with Crippen molar-refractivity contribution in [3.05, 3.63) is 53.8 Å². The van der Waals surface area contributed by atoms with Crippen LogP contribution < -0.4 is 15.8 Å². The van der Waals surface area contributed by atoms with Crippen molar-refractivity contribution in [3.63, 3.8) is 0 Å². The van der Waals surface area contributed by atoms with Gasteiger partial charge in [0.05, 0.1) is 18.4 Å². The maximum absolute atomic E-state index is 13.4. The van der Waals surface area contributed by atoms with Gasteiger partial charge in [-0.2, -0.15) is 0 Å². The van der Waals surface area contributed by atoms with Crippen LogP contribution in [0, 0.1) is 5.82 Å². The molecule has 4 nitrogen and oxygen atoms in total. The molecule has 0 bridgehead atoms. The molecule has 2 aromatic rings. The molecule has 19 heavy (non-hydrogen) atoms. The third-order valence-corrected chi connectivity index (χ3v) is 2.59. The lowest BCUT2D eigenvalue weighted by Gasteiger charge is -2.10. The molecule has 5 heteroatoms. The zero-order valence-electron chi connectivity index (χ0n) is 10.3. The summed E-state index contributed by atoms with van der Waals surface area (Å²) in [6.45, 7) is 0. The molecule has 2 aromatic carbocycles. The number of rotatable bonds is 3. The molecule has 2 rings (SSSR count). The fourth-order valence-corrected chi connectivity index (χ4v) is 1.65. The Hall–Kier alpha value is -2.56. The maximum Gasteiger partial charge on any atom is 0.259 e. The number of nitrogen functional groups attached to an aromatic ring is 1. The van der Waals surface area contributed by atoms with Gasteiger partial charge in [-0.3, -0.25) is 4.79 Å². The fourth-order valence-electron chi connectivity index (χ4n) is 1.65. The van der Waals surface area contributed by atoms with Crippen molar-refractivity contribution in [2.75, 3.05) is 18.2 Å². The van der Waals surface area contributed by atoms with Crippen molar-refractivity contribution in [2.45, 2.75) is 0 Å². The van der Waals surface area contributed by atoms with E-state index in [1.165, 1.54) is 31.4 Å². The van der Waals surface area contributed by atoms with Crippen molar-refractivity contribution in [1.29, 1.82) is 0 Å². The Morgan fingerprint density at radius 2 is 2.00 bits per heavy atom. The number of nitrogens with one attached hydrogen (secondary N) is 1. The van der Waals surface area contributed by atoms with Crippen molar-refractivity contribution >= 4 is 17.3 Å². The largest absolute Gasteiger partial charge is 0.496 e. The van der Waals surface area contributed by atoms with E-state index in [2.05, 4.69) is 5.32 Å². The Morgan fingerprint density at radius 1 is 1.26 bits per heavy atom. The summed E-state index contributed by atoms with van der Waals surface area (Å²) in [5, 5.41) is 2.49. The molecule has 0 heterocycles. The highest BCUT2D eigenvalue weighted by atomic mass is 19.1. The average molecular weight is 260 g/mol. The van der Waals surface area contributed by atoms with Crippen LogP contribution in [0.25, 0.3) is 0 Å². The molecule has 98 valence electrons. The summed E-state index contributed by atoms with van der Waals surface area (Å²) < 4.78 is 18.5. The van der Waals surface area contributed by atoms with Crippen molar-refractivity contribution in [3.8, 4) is 5.75 Å². The van der Waals surface area contributed by atoms with Crippen LogP contribution in [0.3, 0.4) is 0 Å². The highest BCUT2D eigenvalue weighted by molar-refractivity contribution is 6.06. The molecular weight excluding hydrogens is 247 g/mol. The van der Waals surface area contributed by atoms with Crippen LogP contribution in [0.2, 0.25) is 0 Å². The van der Waals surface area contributed by atoms with Crippen LogP contribution in [0.4, 0.5) is 15.8 Å². The van der Waals surface area contributed by atoms with E-state index < -0.39 is 11.7 Å². The molecule has 0 atom stereocenters. The first-order chi connectivity index (χ1) is 9.11. The Morgan fingerprint density at radius 3 is 2.68 bits per heavy atom. The number of carbonyl (C=O) groups excluding carboxylic acids is 1. The first-order valence-corrected chi connectivity index (χ1v) is 5.61. The molecule has 0 radical (unpaired) electrons. The standard InChI is InChI=1S/C14H13FN2O2/c1-19-13-8-9(16)6-7-10(13)14(18)17-12-5-3-2-4-11(12)15/h2-8H,16H2,1H3,(H,17,18). The summed E-state index contributed by atoms with van der Waals surface area (Å²) in [6, 6.07) is 10.6. The second-order valence-electron chi connectivity index (χ2n) is 3.89. The molecule has 0 aliphatic heterocycles. The van der Waals surface area contributed by atoms with E-state index in [4.69, 9.17) is 10.5 Å². The second kappa shape index (κ2) is 5.39. The SMILES string of the molecule is COc1cc(N)ccc1C(=O)Nc1ccccc1F. The molecule has 0 aliphatic carbocycles. The molecular formula is C14H13FN2O2. The fraction of sp³-hybridized carbons (Fsp3) is 0.0714. The van der Waals surface area contributed by atoms with E-state index in [1.807, 2.05) is 0 Å². The van der Waals surface area contributed by atoms with Gasteiger partial charge in [-0.05, 0) is 24.3 Å². The van der Waals surface area contributed by atoms with Gasteiger partial charge in [-0.1, -0.05) is 12.1 Å². The van der Waals surface area contributed by atoms with E-state index >= 15 is 0 Å². The van der Waals surface area contributed by atoms with Crippen LogP contribution in [0.1, 0.15) is 10.4 Å². The van der Waals surface area contributed by atoms with Gasteiger partial charge in [0, 0.05) is 11.8 Å². The van der Waals surface area contributed by atoms with E-state index in [-0.39, 0.29) is 5.69 Å². The van der Waals surface area contributed by atoms with Crippen molar-refractivity contribution < 1.29 is 13.9 Å². The number of carbonyl (C=O) groups is 1. The van der Waals surface area contributed by atoms with Gasteiger partial charge in [0.1, 0.15) is 11.6 Å². The van der Waals surface area contributed by atoms with Gasteiger partial charge >= 0.3 is 0 Å². The number of nitrogens with two attached hydrogens (primary N) is 1. The van der Waals surface area contributed by atoms with Crippen molar-refractivity contribution in [2.24, 2.45) is 0 Å². The van der Waals surface area contributed by atoms with Gasteiger partial charge in [0.25, 0.3) is 5.91 Å². The Kier molecular flexibility index (Phi) is 3.66. The van der Waals surface area contributed by atoms with Gasteiger partial charge < -0.3 is 15.8 Å². The van der Waals surface area contributed by atoms with E-state index in [9.17, 15) is 9.18 Å². The van der Waals surface area contributed by atoms with Crippen LogP contribution in [-0.2, 0) is 0 Å². The molecule has 1 amide bonds. The molecule has 0 saturated heterocycles. The normalized spacial score (nSPS) is 10.0. The number of methoxy groups -OCH3 is 1. The third kappa shape index (κ3) is 2.82. The van der Waals surface area contributed by atoms with Crippen LogP contribution in [-0.4, -0.2) is 13.0 Å². The van der Waals surface area contributed by atoms with Gasteiger partial charge in [-0.15, -0.1) is 0 Å². The summed E-state index contributed by atoms with van der Waals surface area (Å²) in [7, 11) is 1.44. The minimum Gasteiger partial charge on any atom is -0.496 e. The number of ether oxygens (including phenoxy) is 1. The van der Waals surface area contributed by atoms with Crippen LogP contribution >= 0.6 is 0 Å². The summed E-state index contributed by atoms with van der Waals surface area (Å²) in [5.41, 5.74) is 6.50. The van der Waals surface area contributed by atoms with Crippen LogP contribution in [0.15, 0.2) is 42.5 Å². The van der Waals surface area contributed by atoms with Crippen molar-refractivity contribution in [1.82, 2.24) is 0 Å². The predicted octanol–water partition coefficient (Wildman–Crippen LogP) is 2.67. The second-order valence-corrected chi connectivity index (χ2v) is 3.89. The Bertz CT molecular complexity index is 614. The maximum atomic E-state index is 13.4. The molecule has 0 aromatic heterocycles. The monoisotopic (exact) mass is 260 g/mol. The zero-order chi connectivity index (χ0) is 13.8. The van der Waals surface area contributed by atoms with E-state index in [0.29, 0.717) is 17.0 Å². The van der Waals surface area contributed by atoms with E-state index in [0.717, 1.165) is 0 Å². The van der Waals surface area contributed by atoms with E-state index in [1.54, 1.807) is 18.2 Å². The number of hydrogen-bond donors (Lipinski definition) is 2. The van der Waals surface area contributed by atoms with Gasteiger partial charge in [0.2, 0.25) is 0 Å². The minimum absolute atomic E-state index is 0.117. The number of halogens is 1. The number of amides is 1. The predicted molar refractivity (Wildman–Crippen MR) is 71.8 cm³/mol. The lowest BCUT2D eigenvalue weighted by atomic mass is 10.1. The first-order valence-electron chi connectivity index (χ1n) is 5.61. The lowest BCUT2D eigenvalue weighted by Crippen LogP contribution is -2.14. The molecule has 0 aliphatic rings. The number of hydrogen-bond acceptors (Lipinski definition) is 3. The smallest absolute Gasteiger partial charge is 0.259 e. The number of benzene rings is 2. The minimum atomic E-state index is -0.495. The van der Waals surface area contributed by atoms with Crippen LogP contribution in [0.5, 0.6) is 5.75 Å². The van der Waals surface area contributed by atoms with Gasteiger partial charge in [0.15, 0.2) is 0 Å². The van der Waals surface area contributed by atoms with Gasteiger partial charge in [-0.25, -0.2) is 4.39 Å². The Labute approximate surface area is 110 Å². The molecule has 3 N–H and O–H groups in total. The zero-order valence-corrected chi connectivity index (χ0v) is 10.3. The molecule has 0 fully saturated rings. The topological polar surface area (TPSA) is 64.3 Å². The summed E-state index contributed by atoms with van der Waals surface area (Å²) >= 11 is 0. The highest BCUT2D eigenvalue weighted by Gasteiger charge is 2.14. The molecule has 0 spiro atoms.